The van der Waals surface area contributed by atoms with Gasteiger partial charge in [-0.25, -0.2) is 9.78 Å². The molecule has 0 bridgehead atoms. The fraction of sp³-hybridized carbons (Fsp3) is 0.522. The van der Waals surface area contributed by atoms with Gasteiger partial charge in [0.1, 0.15) is 24.0 Å². The van der Waals surface area contributed by atoms with Gasteiger partial charge in [-0.3, -0.25) is 4.79 Å². The standard InChI is InChI=1S/C23H29N3O5S/c1-23(2,3)31-22(28)26-10-8-15(9-11-26)21-25-17(14-32-21)20(27)24-12-16-13-29-18-6-4-5-7-19(18)30-16/h4-7,14-16H,8-13H2,1-3H3,(H,24,27). The van der Waals surface area contributed by atoms with E-state index in [-0.39, 0.29) is 24.0 Å². The Labute approximate surface area is 191 Å². The quantitative estimate of drug-likeness (QED) is 0.748. The number of thiazole rings is 1. The SMILES string of the molecule is CC(C)(C)OC(=O)N1CCC(c2nc(C(=O)NCC3COc4ccccc4O3)cs2)CC1. The number of piperidine rings is 1. The minimum absolute atomic E-state index is 0.221. The molecule has 0 radical (unpaired) electrons. The minimum atomic E-state index is -0.496. The largest absolute Gasteiger partial charge is 0.486 e. The third-order valence-corrected chi connectivity index (χ3v) is 6.32. The first-order valence-corrected chi connectivity index (χ1v) is 11.8. The Hall–Kier alpha value is -2.81. The number of benzene rings is 1. The summed E-state index contributed by atoms with van der Waals surface area (Å²) in [6.07, 6.45) is 1.09. The van der Waals surface area contributed by atoms with Crippen LogP contribution in [0.4, 0.5) is 4.79 Å². The third-order valence-electron chi connectivity index (χ3n) is 5.31. The molecule has 4 rings (SSSR count). The first-order chi connectivity index (χ1) is 15.3. The molecule has 1 atom stereocenters. The van der Waals surface area contributed by atoms with Crippen LogP contribution in [0, 0.1) is 0 Å². The highest BCUT2D eigenvalue weighted by molar-refractivity contribution is 7.09. The van der Waals surface area contributed by atoms with Crippen molar-refractivity contribution in [2.75, 3.05) is 26.2 Å². The van der Waals surface area contributed by atoms with E-state index in [9.17, 15) is 9.59 Å². The van der Waals surface area contributed by atoms with Gasteiger partial charge in [0.15, 0.2) is 11.5 Å². The van der Waals surface area contributed by atoms with Crippen LogP contribution in [0.25, 0.3) is 0 Å². The highest BCUT2D eigenvalue weighted by Gasteiger charge is 2.29. The number of carbonyl (C=O) groups excluding carboxylic acids is 2. The zero-order valence-corrected chi connectivity index (χ0v) is 19.4. The predicted molar refractivity (Wildman–Crippen MR) is 121 cm³/mol. The van der Waals surface area contributed by atoms with Crippen molar-refractivity contribution in [1.29, 1.82) is 0 Å². The number of likely N-dealkylation sites (tertiary alicyclic amines) is 1. The van der Waals surface area contributed by atoms with E-state index in [1.807, 2.05) is 45.0 Å². The lowest BCUT2D eigenvalue weighted by Gasteiger charge is -2.32. The lowest BCUT2D eigenvalue weighted by Crippen LogP contribution is -2.41. The van der Waals surface area contributed by atoms with E-state index in [1.54, 1.807) is 10.3 Å². The Balaban J connectivity index is 1.25. The van der Waals surface area contributed by atoms with Crippen LogP contribution in [-0.4, -0.2) is 59.8 Å². The van der Waals surface area contributed by atoms with Gasteiger partial charge in [-0.05, 0) is 45.7 Å². The van der Waals surface area contributed by atoms with E-state index in [0.717, 1.165) is 23.6 Å². The van der Waals surface area contributed by atoms with E-state index in [1.165, 1.54) is 11.3 Å². The Morgan fingerprint density at radius 3 is 2.66 bits per heavy atom. The molecule has 1 aromatic carbocycles. The lowest BCUT2D eigenvalue weighted by atomic mass is 9.98. The summed E-state index contributed by atoms with van der Waals surface area (Å²) in [6, 6.07) is 7.49. The summed E-state index contributed by atoms with van der Waals surface area (Å²) in [7, 11) is 0. The highest BCUT2D eigenvalue weighted by atomic mass is 32.1. The molecule has 0 aliphatic carbocycles. The van der Waals surface area contributed by atoms with Crippen LogP contribution in [0.15, 0.2) is 29.6 Å². The molecule has 172 valence electrons. The molecule has 3 heterocycles. The maximum atomic E-state index is 12.6. The summed E-state index contributed by atoms with van der Waals surface area (Å²) in [5, 5.41) is 5.62. The first kappa shape index (κ1) is 22.4. The monoisotopic (exact) mass is 459 g/mol. The van der Waals surface area contributed by atoms with Crippen molar-refractivity contribution < 1.29 is 23.8 Å². The van der Waals surface area contributed by atoms with Gasteiger partial charge in [0.25, 0.3) is 5.91 Å². The second kappa shape index (κ2) is 9.36. The van der Waals surface area contributed by atoms with Crippen molar-refractivity contribution in [1.82, 2.24) is 15.2 Å². The molecule has 1 N–H and O–H groups in total. The smallest absolute Gasteiger partial charge is 0.410 e. The lowest BCUT2D eigenvalue weighted by molar-refractivity contribution is 0.0204. The molecule has 0 saturated carbocycles. The number of hydrogen-bond donors (Lipinski definition) is 1. The third kappa shape index (κ3) is 5.51. The van der Waals surface area contributed by atoms with Gasteiger partial charge in [0.2, 0.25) is 0 Å². The molecular formula is C23H29N3O5S. The molecule has 1 saturated heterocycles. The summed E-state index contributed by atoms with van der Waals surface area (Å²) >= 11 is 1.49. The average Bonchev–Trinajstić information content (AvgIpc) is 3.27. The number of carbonyl (C=O) groups is 2. The van der Waals surface area contributed by atoms with Crippen molar-refractivity contribution >= 4 is 23.3 Å². The number of fused-ring (bicyclic) bond motifs is 1. The van der Waals surface area contributed by atoms with Gasteiger partial charge in [-0.15, -0.1) is 11.3 Å². The molecule has 2 aliphatic heterocycles. The van der Waals surface area contributed by atoms with E-state index in [0.29, 0.717) is 37.7 Å². The number of amides is 2. The molecule has 2 aliphatic rings. The maximum absolute atomic E-state index is 12.6. The highest BCUT2D eigenvalue weighted by Crippen LogP contribution is 2.32. The van der Waals surface area contributed by atoms with Gasteiger partial charge in [0, 0.05) is 24.4 Å². The number of rotatable bonds is 4. The summed E-state index contributed by atoms with van der Waals surface area (Å²) in [5.41, 5.74) is -0.0827. The Bertz CT molecular complexity index is 963. The molecule has 0 spiro atoms. The second-order valence-electron chi connectivity index (χ2n) is 9.02. The van der Waals surface area contributed by atoms with Gasteiger partial charge in [0.05, 0.1) is 11.6 Å². The van der Waals surface area contributed by atoms with Crippen LogP contribution < -0.4 is 14.8 Å². The summed E-state index contributed by atoms with van der Waals surface area (Å²) in [5.74, 6) is 1.43. The van der Waals surface area contributed by atoms with Gasteiger partial charge < -0.3 is 24.4 Å². The number of hydrogen-bond acceptors (Lipinski definition) is 7. The van der Waals surface area contributed by atoms with Crippen molar-refractivity contribution in [3.05, 3.63) is 40.3 Å². The van der Waals surface area contributed by atoms with E-state index >= 15 is 0 Å². The van der Waals surface area contributed by atoms with Gasteiger partial charge >= 0.3 is 6.09 Å². The van der Waals surface area contributed by atoms with Crippen LogP contribution in [-0.2, 0) is 4.74 Å². The van der Waals surface area contributed by atoms with Crippen LogP contribution in [0.3, 0.4) is 0 Å². The van der Waals surface area contributed by atoms with E-state index in [2.05, 4.69) is 10.3 Å². The zero-order valence-electron chi connectivity index (χ0n) is 18.6. The van der Waals surface area contributed by atoms with Crippen molar-refractivity contribution in [2.45, 2.75) is 51.2 Å². The Morgan fingerprint density at radius 1 is 1.22 bits per heavy atom. The van der Waals surface area contributed by atoms with Crippen LogP contribution in [0.1, 0.15) is 55.0 Å². The molecule has 32 heavy (non-hydrogen) atoms. The molecule has 9 heteroatoms. The molecular weight excluding hydrogens is 430 g/mol. The molecule has 1 aromatic heterocycles. The number of nitrogens with one attached hydrogen (secondary N) is 1. The summed E-state index contributed by atoms with van der Waals surface area (Å²) in [4.78, 5) is 31.1. The summed E-state index contributed by atoms with van der Waals surface area (Å²) < 4.78 is 17.0. The van der Waals surface area contributed by atoms with Crippen molar-refractivity contribution in [3.8, 4) is 11.5 Å². The van der Waals surface area contributed by atoms with Crippen molar-refractivity contribution in [3.63, 3.8) is 0 Å². The van der Waals surface area contributed by atoms with Crippen LogP contribution in [0.2, 0.25) is 0 Å². The number of aromatic nitrogens is 1. The molecule has 2 amide bonds. The number of para-hydroxylation sites is 2. The first-order valence-electron chi connectivity index (χ1n) is 10.9. The Morgan fingerprint density at radius 2 is 1.94 bits per heavy atom. The number of nitrogens with zero attached hydrogens (tertiary/aromatic N) is 2. The maximum Gasteiger partial charge on any atom is 0.410 e. The van der Waals surface area contributed by atoms with Crippen LogP contribution >= 0.6 is 11.3 Å². The van der Waals surface area contributed by atoms with E-state index < -0.39 is 5.60 Å². The fourth-order valence-corrected chi connectivity index (χ4v) is 4.65. The Kier molecular flexibility index (Phi) is 6.55. The number of ether oxygens (including phenoxy) is 3. The normalized spacial score (nSPS) is 18.8. The average molecular weight is 460 g/mol. The van der Waals surface area contributed by atoms with Gasteiger partial charge in [-0.1, -0.05) is 12.1 Å². The zero-order chi connectivity index (χ0) is 22.7. The topological polar surface area (TPSA) is 90.0 Å². The molecule has 1 unspecified atom stereocenters. The molecule has 8 nitrogen and oxygen atoms in total. The second-order valence-corrected chi connectivity index (χ2v) is 9.91. The van der Waals surface area contributed by atoms with Gasteiger partial charge in [-0.2, -0.15) is 0 Å². The minimum Gasteiger partial charge on any atom is -0.486 e. The molecule has 2 aromatic rings. The molecule has 1 fully saturated rings. The predicted octanol–water partition coefficient (Wildman–Crippen LogP) is 3.83. The van der Waals surface area contributed by atoms with E-state index in [4.69, 9.17) is 14.2 Å². The van der Waals surface area contributed by atoms with Crippen molar-refractivity contribution in [2.24, 2.45) is 0 Å². The van der Waals surface area contributed by atoms with Crippen LogP contribution in [0.5, 0.6) is 11.5 Å². The fourth-order valence-electron chi connectivity index (χ4n) is 3.68. The summed E-state index contributed by atoms with van der Waals surface area (Å²) in [6.45, 7) is 7.58.